The van der Waals surface area contributed by atoms with Gasteiger partial charge in [-0.05, 0) is 31.9 Å². The van der Waals surface area contributed by atoms with Crippen molar-refractivity contribution >= 4 is 10.9 Å². The SMILES string of the molecule is CCn1cc(C[C@@H](C)N)c2ccccc21. The second-order valence-electron chi connectivity index (χ2n) is 4.14. The maximum absolute atomic E-state index is 5.86. The van der Waals surface area contributed by atoms with E-state index in [4.69, 9.17) is 5.73 Å². The molecule has 0 amide bonds. The Balaban J connectivity index is 2.55. The van der Waals surface area contributed by atoms with E-state index in [9.17, 15) is 0 Å². The van der Waals surface area contributed by atoms with E-state index in [1.165, 1.54) is 16.5 Å². The fourth-order valence-corrected chi connectivity index (χ4v) is 2.09. The molecule has 15 heavy (non-hydrogen) atoms. The lowest BCUT2D eigenvalue weighted by Gasteiger charge is -2.02. The Kier molecular flexibility index (Phi) is 2.78. The zero-order valence-corrected chi connectivity index (χ0v) is 9.40. The fraction of sp³-hybridized carbons (Fsp3) is 0.385. The lowest BCUT2D eigenvalue weighted by atomic mass is 10.1. The summed E-state index contributed by atoms with van der Waals surface area (Å²) in [7, 11) is 0. The van der Waals surface area contributed by atoms with Crippen LogP contribution < -0.4 is 5.73 Å². The van der Waals surface area contributed by atoms with Crippen LogP contribution in [-0.2, 0) is 13.0 Å². The Morgan fingerprint density at radius 2 is 2.07 bits per heavy atom. The number of rotatable bonds is 3. The quantitative estimate of drug-likeness (QED) is 0.814. The van der Waals surface area contributed by atoms with Crippen molar-refractivity contribution in [2.24, 2.45) is 5.73 Å². The molecule has 0 saturated heterocycles. The van der Waals surface area contributed by atoms with Crippen molar-refractivity contribution in [2.45, 2.75) is 32.9 Å². The first kappa shape index (κ1) is 10.2. The van der Waals surface area contributed by atoms with Gasteiger partial charge < -0.3 is 10.3 Å². The maximum Gasteiger partial charge on any atom is 0.0483 e. The molecule has 0 fully saturated rings. The molecule has 1 heterocycles. The average molecular weight is 202 g/mol. The molecule has 0 bridgehead atoms. The molecule has 0 aliphatic rings. The smallest absolute Gasteiger partial charge is 0.0483 e. The zero-order valence-electron chi connectivity index (χ0n) is 9.40. The predicted octanol–water partition coefficient (Wildman–Crippen LogP) is 2.55. The van der Waals surface area contributed by atoms with Crippen LogP contribution >= 0.6 is 0 Å². The lowest BCUT2D eigenvalue weighted by molar-refractivity contribution is 0.731. The minimum absolute atomic E-state index is 0.223. The zero-order chi connectivity index (χ0) is 10.8. The van der Waals surface area contributed by atoms with Crippen LogP contribution in [0.2, 0.25) is 0 Å². The molecule has 0 unspecified atom stereocenters. The second kappa shape index (κ2) is 4.07. The Morgan fingerprint density at radius 3 is 2.73 bits per heavy atom. The highest BCUT2D eigenvalue weighted by molar-refractivity contribution is 5.84. The van der Waals surface area contributed by atoms with E-state index in [-0.39, 0.29) is 6.04 Å². The summed E-state index contributed by atoms with van der Waals surface area (Å²) in [5.74, 6) is 0. The number of hydrogen-bond acceptors (Lipinski definition) is 1. The van der Waals surface area contributed by atoms with Gasteiger partial charge >= 0.3 is 0 Å². The Morgan fingerprint density at radius 1 is 1.33 bits per heavy atom. The summed E-state index contributed by atoms with van der Waals surface area (Å²) in [6.07, 6.45) is 3.18. The first-order valence-corrected chi connectivity index (χ1v) is 5.54. The van der Waals surface area contributed by atoms with Gasteiger partial charge in [-0.2, -0.15) is 0 Å². The number of benzene rings is 1. The summed E-state index contributed by atoms with van der Waals surface area (Å²) in [5, 5.41) is 1.34. The minimum atomic E-state index is 0.223. The molecule has 1 aromatic carbocycles. The Labute approximate surface area is 90.7 Å². The largest absolute Gasteiger partial charge is 0.347 e. The van der Waals surface area contributed by atoms with Gasteiger partial charge in [-0.15, -0.1) is 0 Å². The van der Waals surface area contributed by atoms with Crippen molar-refractivity contribution in [3.63, 3.8) is 0 Å². The monoisotopic (exact) mass is 202 g/mol. The molecule has 80 valence electrons. The van der Waals surface area contributed by atoms with E-state index in [1.54, 1.807) is 0 Å². The van der Waals surface area contributed by atoms with Gasteiger partial charge in [0.2, 0.25) is 0 Å². The highest BCUT2D eigenvalue weighted by Crippen LogP contribution is 2.22. The van der Waals surface area contributed by atoms with E-state index in [1.807, 2.05) is 0 Å². The predicted molar refractivity (Wildman–Crippen MR) is 65.0 cm³/mol. The number of para-hydroxylation sites is 1. The molecule has 0 aliphatic carbocycles. The fourth-order valence-electron chi connectivity index (χ4n) is 2.09. The van der Waals surface area contributed by atoms with Crippen LogP contribution in [0, 0.1) is 0 Å². The van der Waals surface area contributed by atoms with Crippen molar-refractivity contribution < 1.29 is 0 Å². The molecule has 0 aliphatic heterocycles. The third kappa shape index (κ3) is 1.90. The summed E-state index contributed by atoms with van der Waals surface area (Å²) in [4.78, 5) is 0. The standard InChI is InChI=1S/C13H18N2/c1-3-15-9-11(8-10(2)14)12-6-4-5-7-13(12)15/h4-7,9-10H,3,8,14H2,1-2H3/t10-/m1/s1. The van der Waals surface area contributed by atoms with Crippen molar-refractivity contribution in [1.29, 1.82) is 0 Å². The van der Waals surface area contributed by atoms with Crippen LogP contribution in [0.4, 0.5) is 0 Å². The summed E-state index contributed by atoms with van der Waals surface area (Å²) in [6.45, 7) is 5.24. The maximum atomic E-state index is 5.86. The first-order valence-electron chi connectivity index (χ1n) is 5.54. The summed E-state index contributed by atoms with van der Waals surface area (Å²) in [5.41, 5.74) is 8.54. The Hall–Kier alpha value is -1.28. The van der Waals surface area contributed by atoms with Crippen LogP contribution in [0.15, 0.2) is 30.5 Å². The highest BCUT2D eigenvalue weighted by atomic mass is 14.9. The van der Waals surface area contributed by atoms with Gasteiger partial charge in [0.1, 0.15) is 0 Å². The third-order valence-electron chi connectivity index (χ3n) is 2.75. The van der Waals surface area contributed by atoms with Crippen molar-refractivity contribution in [1.82, 2.24) is 4.57 Å². The summed E-state index contributed by atoms with van der Waals surface area (Å²) >= 11 is 0. The molecule has 2 heteroatoms. The molecule has 1 atom stereocenters. The normalized spacial score (nSPS) is 13.3. The van der Waals surface area contributed by atoms with Crippen LogP contribution in [-0.4, -0.2) is 10.6 Å². The van der Waals surface area contributed by atoms with Gasteiger partial charge in [0.15, 0.2) is 0 Å². The minimum Gasteiger partial charge on any atom is -0.347 e. The molecular formula is C13H18N2. The summed E-state index contributed by atoms with van der Waals surface area (Å²) in [6, 6.07) is 8.75. The van der Waals surface area contributed by atoms with E-state index in [2.05, 4.69) is 48.9 Å². The summed E-state index contributed by atoms with van der Waals surface area (Å²) < 4.78 is 2.28. The van der Waals surface area contributed by atoms with Crippen molar-refractivity contribution in [2.75, 3.05) is 0 Å². The number of fused-ring (bicyclic) bond motifs is 1. The third-order valence-corrected chi connectivity index (χ3v) is 2.75. The van der Waals surface area contributed by atoms with E-state index >= 15 is 0 Å². The average Bonchev–Trinajstić information content (AvgIpc) is 2.56. The molecule has 1 aromatic heterocycles. The van der Waals surface area contributed by atoms with Gasteiger partial charge in [0.05, 0.1) is 0 Å². The molecule has 2 N–H and O–H groups in total. The van der Waals surface area contributed by atoms with E-state index < -0.39 is 0 Å². The number of aromatic nitrogens is 1. The van der Waals surface area contributed by atoms with Gasteiger partial charge in [-0.3, -0.25) is 0 Å². The molecule has 2 aromatic rings. The second-order valence-corrected chi connectivity index (χ2v) is 4.14. The number of nitrogens with two attached hydrogens (primary N) is 1. The van der Waals surface area contributed by atoms with Gasteiger partial charge in [0.25, 0.3) is 0 Å². The van der Waals surface area contributed by atoms with Crippen LogP contribution in [0.5, 0.6) is 0 Å². The molecular weight excluding hydrogens is 184 g/mol. The van der Waals surface area contributed by atoms with Gasteiger partial charge in [-0.1, -0.05) is 18.2 Å². The molecule has 0 saturated carbocycles. The van der Waals surface area contributed by atoms with Crippen molar-refractivity contribution in [3.8, 4) is 0 Å². The van der Waals surface area contributed by atoms with E-state index in [0.717, 1.165) is 13.0 Å². The topological polar surface area (TPSA) is 30.9 Å². The van der Waals surface area contributed by atoms with Gasteiger partial charge in [-0.25, -0.2) is 0 Å². The van der Waals surface area contributed by atoms with Crippen LogP contribution in [0.25, 0.3) is 10.9 Å². The number of hydrogen-bond donors (Lipinski definition) is 1. The molecule has 0 spiro atoms. The molecule has 2 nitrogen and oxygen atoms in total. The molecule has 0 radical (unpaired) electrons. The highest BCUT2D eigenvalue weighted by Gasteiger charge is 2.07. The number of aryl methyl sites for hydroxylation is 1. The van der Waals surface area contributed by atoms with Gasteiger partial charge in [0, 0.05) is 29.7 Å². The van der Waals surface area contributed by atoms with Crippen LogP contribution in [0.3, 0.4) is 0 Å². The van der Waals surface area contributed by atoms with E-state index in [0.29, 0.717) is 0 Å². The lowest BCUT2D eigenvalue weighted by Crippen LogP contribution is -2.17. The number of nitrogens with zero attached hydrogens (tertiary/aromatic N) is 1. The molecule has 2 rings (SSSR count). The Bertz CT molecular complexity index is 455. The first-order chi connectivity index (χ1) is 7.22. The van der Waals surface area contributed by atoms with Crippen LogP contribution in [0.1, 0.15) is 19.4 Å². The van der Waals surface area contributed by atoms with Crippen molar-refractivity contribution in [3.05, 3.63) is 36.0 Å².